The molecule has 2 rings (SSSR count). The van der Waals surface area contributed by atoms with Crippen LogP contribution in [0.4, 0.5) is 11.4 Å². The highest BCUT2D eigenvalue weighted by atomic mass is 16.1. The Balaban J connectivity index is 2.15. The first-order valence-electron chi connectivity index (χ1n) is 5.99. The quantitative estimate of drug-likeness (QED) is 0.626. The number of H-pyrrole nitrogens is 1. The third-order valence-corrected chi connectivity index (χ3v) is 2.84. The first kappa shape index (κ1) is 12.9. The maximum atomic E-state index is 11.5. The number of aromatic amines is 1. The van der Waals surface area contributed by atoms with Crippen molar-refractivity contribution >= 4 is 17.3 Å². The summed E-state index contributed by atoms with van der Waals surface area (Å²) in [5.74, 6) is 0.673. The van der Waals surface area contributed by atoms with Crippen LogP contribution in [0.15, 0.2) is 30.6 Å². The average Bonchev–Trinajstić information content (AvgIpc) is 2.94. The van der Waals surface area contributed by atoms with E-state index in [1.54, 1.807) is 37.6 Å². The molecule has 5 N–H and O–H groups in total. The van der Waals surface area contributed by atoms with E-state index in [0.717, 1.165) is 11.5 Å². The maximum absolute atomic E-state index is 11.5. The van der Waals surface area contributed by atoms with E-state index in [2.05, 4.69) is 20.6 Å². The number of anilines is 2. The Labute approximate surface area is 111 Å². The van der Waals surface area contributed by atoms with Crippen LogP contribution in [0, 0.1) is 0 Å². The molecule has 19 heavy (non-hydrogen) atoms. The van der Waals surface area contributed by atoms with Crippen LogP contribution in [0.3, 0.4) is 0 Å². The first-order chi connectivity index (χ1) is 9.11. The zero-order valence-corrected chi connectivity index (χ0v) is 10.9. The van der Waals surface area contributed by atoms with E-state index in [1.165, 1.54) is 0 Å². The SMILES string of the molecule is CNC(=O)c1ccc(NC(C)c2ncc[nH]2)c(N)c1. The molecule has 1 amide bonds. The number of rotatable bonds is 4. The van der Waals surface area contributed by atoms with Crippen molar-refractivity contribution < 1.29 is 4.79 Å². The normalized spacial score (nSPS) is 11.9. The summed E-state index contributed by atoms with van der Waals surface area (Å²) in [6.07, 6.45) is 3.47. The molecule has 0 radical (unpaired) electrons. The van der Waals surface area contributed by atoms with Gasteiger partial charge in [0.15, 0.2) is 0 Å². The Morgan fingerprint density at radius 2 is 2.26 bits per heavy atom. The minimum absolute atomic E-state index is 0.00292. The highest BCUT2D eigenvalue weighted by Gasteiger charge is 2.11. The fourth-order valence-electron chi connectivity index (χ4n) is 1.80. The minimum Gasteiger partial charge on any atom is -0.397 e. The second-order valence-corrected chi connectivity index (χ2v) is 4.22. The number of nitrogens with two attached hydrogens (primary N) is 1. The second-order valence-electron chi connectivity index (χ2n) is 4.22. The Kier molecular flexibility index (Phi) is 3.70. The molecule has 100 valence electrons. The fraction of sp³-hybridized carbons (Fsp3) is 0.231. The summed E-state index contributed by atoms with van der Waals surface area (Å²) in [4.78, 5) is 18.7. The molecule has 6 nitrogen and oxygen atoms in total. The van der Waals surface area contributed by atoms with E-state index in [0.29, 0.717) is 11.3 Å². The van der Waals surface area contributed by atoms with Crippen LogP contribution in [0.1, 0.15) is 29.1 Å². The van der Waals surface area contributed by atoms with Crippen LogP contribution in [-0.2, 0) is 0 Å². The second kappa shape index (κ2) is 5.43. The summed E-state index contributed by atoms with van der Waals surface area (Å²) >= 11 is 0. The molecular weight excluding hydrogens is 242 g/mol. The van der Waals surface area contributed by atoms with Gasteiger partial charge in [-0.05, 0) is 25.1 Å². The Morgan fingerprint density at radius 3 is 2.84 bits per heavy atom. The van der Waals surface area contributed by atoms with Gasteiger partial charge in [-0.2, -0.15) is 0 Å². The van der Waals surface area contributed by atoms with Crippen molar-refractivity contribution in [3.8, 4) is 0 Å². The lowest BCUT2D eigenvalue weighted by molar-refractivity contribution is 0.0963. The molecule has 6 heteroatoms. The lowest BCUT2D eigenvalue weighted by Crippen LogP contribution is -2.18. The van der Waals surface area contributed by atoms with Gasteiger partial charge in [0.05, 0.1) is 17.4 Å². The van der Waals surface area contributed by atoms with Crippen LogP contribution >= 0.6 is 0 Å². The van der Waals surface area contributed by atoms with Crippen LogP contribution in [0.2, 0.25) is 0 Å². The van der Waals surface area contributed by atoms with E-state index in [4.69, 9.17) is 5.73 Å². The van der Waals surface area contributed by atoms with Crippen molar-refractivity contribution in [3.05, 3.63) is 42.0 Å². The highest BCUT2D eigenvalue weighted by Crippen LogP contribution is 2.24. The topological polar surface area (TPSA) is 95.8 Å². The zero-order chi connectivity index (χ0) is 13.8. The van der Waals surface area contributed by atoms with Crippen LogP contribution in [0.5, 0.6) is 0 Å². The summed E-state index contributed by atoms with van der Waals surface area (Å²) in [6.45, 7) is 1.98. The van der Waals surface area contributed by atoms with Gasteiger partial charge >= 0.3 is 0 Å². The van der Waals surface area contributed by atoms with E-state index in [1.807, 2.05) is 6.92 Å². The van der Waals surface area contributed by atoms with E-state index >= 15 is 0 Å². The smallest absolute Gasteiger partial charge is 0.251 e. The summed E-state index contributed by atoms with van der Waals surface area (Å²) in [5.41, 5.74) is 7.78. The standard InChI is InChI=1S/C13H17N5O/c1-8(12-16-5-6-17-12)18-11-4-3-9(7-10(11)14)13(19)15-2/h3-8,18H,14H2,1-2H3,(H,15,19)(H,16,17). The first-order valence-corrected chi connectivity index (χ1v) is 5.99. The monoisotopic (exact) mass is 259 g/mol. The predicted octanol–water partition coefficient (Wildman–Crippen LogP) is 1.52. The molecule has 0 aliphatic carbocycles. The molecule has 1 atom stereocenters. The number of hydrogen-bond acceptors (Lipinski definition) is 4. The minimum atomic E-state index is -0.155. The molecule has 0 aliphatic heterocycles. The van der Waals surface area contributed by atoms with Crippen molar-refractivity contribution in [3.63, 3.8) is 0 Å². The number of benzene rings is 1. The Morgan fingerprint density at radius 1 is 1.47 bits per heavy atom. The summed E-state index contributed by atoms with van der Waals surface area (Å²) < 4.78 is 0. The molecular formula is C13H17N5O. The number of nitrogens with one attached hydrogen (secondary N) is 3. The molecule has 1 aromatic heterocycles. The molecule has 1 unspecified atom stereocenters. The van der Waals surface area contributed by atoms with Gasteiger partial charge in [-0.1, -0.05) is 0 Å². The Bertz CT molecular complexity index is 564. The molecule has 1 heterocycles. The largest absolute Gasteiger partial charge is 0.397 e. The van der Waals surface area contributed by atoms with Gasteiger partial charge in [0.1, 0.15) is 5.82 Å². The highest BCUT2D eigenvalue weighted by molar-refractivity contribution is 5.95. The number of amides is 1. The van der Waals surface area contributed by atoms with Gasteiger partial charge in [-0.25, -0.2) is 4.98 Å². The number of nitrogen functional groups attached to an aromatic ring is 1. The molecule has 0 saturated heterocycles. The molecule has 2 aromatic rings. The number of carbonyl (C=O) groups excluding carboxylic acids is 1. The van der Waals surface area contributed by atoms with Crippen LogP contribution < -0.4 is 16.4 Å². The van der Waals surface area contributed by atoms with E-state index in [9.17, 15) is 4.79 Å². The van der Waals surface area contributed by atoms with E-state index < -0.39 is 0 Å². The number of hydrogen-bond donors (Lipinski definition) is 4. The van der Waals surface area contributed by atoms with Crippen molar-refractivity contribution in [1.82, 2.24) is 15.3 Å². The van der Waals surface area contributed by atoms with Crippen molar-refractivity contribution in [2.24, 2.45) is 0 Å². The lowest BCUT2D eigenvalue weighted by atomic mass is 10.1. The van der Waals surface area contributed by atoms with Gasteiger partial charge in [-0.3, -0.25) is 4.79 Å². The van der Waals surface area contributed by atoms with Crippen LogP contribution in [-0.4, -0.2) is 22.9 Å². The summed E-state index contributed by atoms with van der Waals surface area (Å²) in [6, 6.07) is 5.17. The Hall–Kier alpha value is -2.50. The molecule has 1 aromatic carbocycles. The van der Waals surface area contributed by atoms with E-state index in [-0.39, 0.29) is 11.9 Å². The zero-order valence-electron chi connectivity index (χ0n) is 10.9. The van der Waals surface area contributed by atoms with Crippen molar-refractivity contribution in [2.75, 3.05) is 18.1 Å². The molecule has 0 spiro atoms. The maximum Gasteiger partial charge on any atom is 0.251 e. The van der Waals surface area contributed by atoms with Gasteiger partial charge < -0.3 is 21.4 Å². The summed E-state index contributed by atoms with van der Waals surface area (Å²) in [7, 11) is 1.59. The van der Waals surface area contributed by atoms with Gasteiger partial charge in [-0.15, -0.1) is 0 Å². The molecule has 0 saturated carbocycles. The van der Waals surface area contributed by atoms with Crippen molar-refractivity contribution in [2.45, 2.75) is 13.0 Å². The number of imidazole rings is 1. The van der Waals surface area contributed by atoms with Crippen LogP contribution in [0.25, 0.3) is 0 Å². The summed E-state index contributed by atoms with van der Waals surface area (Å²) in [5, 5.41) is 5.81. The van der Waals surface area contributed by atoms with Gasteiger partial charge in [0, 0.05) is 25.0 Å². The van der Waals surface area contributed by atoms with Gasteiger partial charge in [0.25, 0.3) is 5.91 Å². The average molecular weight is 259 g/mol. The molecule has 0 fully saturated rings. The van der Waals surface area contributed by atoms with Gasteiger partial charge in [0.2, 0.25) is 0 Å². The third kappa shape index (κ3) is 2.85. The molecule has 0 aliphatic rings. The fourth-order valence-corrected chi connectivity index (χ4v) is 1.80. The number of carbonyl (C=O) groups is 1. The molecule has 0 bridgehead atoms. The third-order valence-electron chi connectivity index (χ3n) is 2.84. The predicted molar refractivity (Wildman–Crippen MR) is 74.9 cm³/mol. The van der Waals surface area contributed by atoms with Crippen molar-refractivity contribution in [1.29, 1.82) is 0 Å². The number of nitrogens with zero attached hydrogens (tertiary/aromatic N) is 1. The lowest BCUT2D eigenvalue weighted by Gasteiger charge is -2.15. The number of aromatic nitrogens is 2.